The first-order chi connectivity index (χ1) is 16.9. The highest BCUT2D eigenvalue weighted by atomic mass is 32.2. The number of rotatable bonds is 9. The van der Waals surface area contributed by atoms with E-state index in [0.29, 0.717) is 33.9 Å². The van der Waals surface area contributed by atoms with Crippen molar-refractivity contribution >= 4 is 34.6 Å². The van der Waals surface area contributed by atoms with E-state index in [1.807, 2.05) is 50.3 Å². The number of nitrogens with zero attached hydrogens (tertiary/aromatic N) is 2. The summed E-state index contributed by atoms with van der Waals surface area (Å²) in [5.41, 5.74) is 4.30. The molecule has 35 heavy (non-hydrogen) atoms. The number of aromatic nitrogens is 2. The van der Waals surface area contributed by atoms with Gasteiger partial charge in [0.2, 0.25) is 0 Å². The molecule has 5 nitrogen and oxygen atoms in total. The number of carbonyl (C=O) groups excluding carboxylic acids is 1. The molecule has 1 heterocycles. The summed E-state index contributed by atoms with van der Waals surface area (Å²) >= 11 is 1.53. The van der Waals surface area contributed by atoms with Crippen LogP contribution < -0.4 is 10.9 Å². The molecule has 0 saturated carbocycles. The summed E-state index contributed by atoms with van der Waals surface area (Å²) in [6, 6.07) is 23.4. The number of thioether (sulfide) groups is 1. The van der Waals surface area contributed by atoms with Crippen LogP contribution in [0.5, 0.6) is 0 Å². The first kappa shape index (κ1) is 24.5. The average Bonchev–Trinajstić information content (AvgIpc) is 2.87. The van der Waals surface area contributed by atoms with Crippen LogP contribution in [0.1, 0.15) is 40.9 Å². The molecule has 0 bridgehead atoms. The number of fused-ring (bicyclic) bond motifs is 1. The van der Waals surface area contributed by atoms with Gasteiger partial charge in [0, 0.05) is 23.9 Å². The highest BCUT2D eigenvalue weighted by molar-refractivity contribution is 7.98. The topological polar surface area (TPSA) is 64.0 Å². The highest BCUT2D eigenvalue weighted by Crippen LogP contribution is 2.23. The fourth-order valence-electron chi connectivity index (χ4n) is 3.78. The van der Waals surface area contributed by atoms with E-state index in [1.54, 1.807) is 22.8 Å². The predicted octanol–water partition coefficient (Wildman–Crippen LogP) is 5.71. The molecule has 4 aromatic rings. The molecule has 0 atom stereocenters. The normalized spacial score (nSPS) is 11.1. The van der Waals surface area contributed by atoms with Gasteiger partial charge in [-0.1, -0.05) is 79.0 Å². The Labute approximate surface area is 209 Å². The number of benzene rings is 3. The maximum atomic E-state index is 13.5. The third kappa shape index (κ3) is 6.08. The maximum absolute atomic E-state index is 13.5. The van der Waals surface area contributed by atoms with Crippen molar-refractivity contribution in [1.29, 1.82) is 0 Å². The lowest BCUT2D eigenvalue weighted by atomic mass is 10.1. The Bertz CT molecular complexity index is 1390. The van der Waals surface area contributed by atoms with Crippen molar-refractivity contribution in [1.82, 2.24) is 14.9 Å². The van der Waals surface area contributed by atoms with Crippen molar-refractivity contribution in [3.05, 3.63) is 112 Å². The molecule has 4 rings (SSSR count). The first-order valence-electron chi connectivity index (χ1n) is 11.7. The van der Waals surface area contributed by atoms with Crippen LogP contribution in [0.3, 0.4) is 0 Å². The molecule has 6 heteroatoms. The van der Waals surface area contributed by atoms with Crippen LogP contribution in [-0.2, 0) is 18.7 Å². The number of aryl methyl sites for hydroxylation is 1. The van der Waals surface area contributed by atoms with Crippen LogP contribution in [0.15, 0.2) is 89.3 Å². The number of nitrogens with one attached hydrogen (secondary N) is 1. The Balaban J connectivity index is 1.69. The number of amides is 1. The molecule has 0 unspecified atom stereocenters. The van der Waals surface area contributed by atoms with Crippen LogP contribution in [0.2, 0.25) is 0 Å². The molecule has 0 spiro atoms. The SMILES string of the molecule is C=Cc1ccc(CSc2nc3cc(C(=O)NC(C)C)ccc3c(=O)n2CCc2ccccc2)cc1. The van der Waals surface area contributed by atoms with E-state index in [4.69, 9.17) is 4.98 Å². The summed E-state index contributed by atoms with van der Waals surface area (Å²) in [6.07, 6.45) is 2.54. The number of hydrogen-bond donors (Lipinski definition) is 1. The van der Waals surface area contributed by atoms with Crippen LogP contribution in [0.25, 0.3) is 17.0 Å². The molecule has 0 aliphatic rings. The molecule has 0 aliphatic heterocycles. The summed E-state index contributed by atoms with van der Waals surface area (Å²) in [7, 11) is 0. The second-order valence-electron chi connectivity index (χ2n) is 8.68. The Morgan fingerprint density at radius 1 is 1.06 bits per heavy atom. The summed E-state index contributed by atoms with van der Waals surface area (Å²) in [5, 5.41) is 4.06. The Morgan fingerprint density at radius 3 is 2.49 bits per heavy atom. The summed E-state index contributed by atoms with van der Waals surface area (Å²) in [4.78, 5) is 30.9. The Kier molecular flexibility index (Phi) is 7.83. The molecule has 0 saturated heterocycles. The lowest BCUT2D eigenvalue weighted by Gasteiger charge is -2.14. The van der Waals surface area contributed by atoms with Crippen molar-refractivity contribution in [2.45, 2.75) is 43.8 Å². The lowest BCUT2D eigenvalue weighted by Crippen LogP contribution is -2.30. The van der Waals surface area contributed by atoms with Crippen LogP contribution >= 0.6 is 11.8 Å². The van der Waals surface area contributed by atoms with E-state index >= 15 is 0 Å². The summed E-state index contributed by atoms with van der Waals surface area (Å²) in [5.74, 6) is 0.502. The van der Waals surface area contributed by atoms with Gasteiger partial charge in [0.1, 0.15) is 0 Å². The largest absolute Gasteiger partial charge is 0.350 e. The van der Waals surface area contributed by atoms with E-state index < -0.39 is 0 Å². The second kappa shape index (κ2) is 11.2. The van der Waals surface area contributed by atoms with Gasteiger partial charge in [-0.3, -0.25) is 14.2 Å². The minimum absolute atomic E-state index is 0.0238. The van der Waals surface area contributed by atoms with Gasteiger partial charge in [0.15, 0.2) is 5.16 Å². The minimum Gasteiger partial charge on any atom is -0.350 e. The first-order valence-corrected chi connectivity index (χ1v) is 12.7. The quantitative estimate of drug-likeness (QED) is 0.245. The monoisotopic (exact) mass is 483 g/mol. The van der Waals surface area contributed by atoms with Gasteiger partial charge in [-0.15, -0.1) is 0 Å². The molecule has 0 radical (unpaired) electrons. The van der Waals surface area contributed by atoms with Crippen LogP contribution in [-0.4, -0.2) is 21.5 Å². The van der Waals surface area contributed by atoms with Gasteiger partial charge < -0.3 is 5.32 Å². The van der Waals surface area contributed by atoms with E-state index in [9.17, 15) is 9.59 Å². The number of hydrogen-bond acceptors (Lipinski definition) is 4. The van der Waals surface area contributed by atoms with Crippen molar-refractivity contribution < 1.29 is 4.79 Å². The summed E-state index contributed by atoms with van der Waals surface area (Å²) in [6.45, 7) is 8.16. The maximum Gasteiger partial charge on any atom is 0.262 e. The molecular formula is C29H29N3O2S. The van der Waals surface area contributed by atoms with E-state index in [1.165, 1.54) is 11.8 Å². The second-order valence-corrected chi connectivity index (χ2v) is 9.62. The van der Waals surface area contributed by atoms with Crippen LogP contribution in [0, 0.1) is 0 Å². The molecule has 1 aromatic heterocycles. The van der Waals surface area contributed by atoms with E-state index in [2.05, 4.69) is 36.2 Å². The minimum atomic E-state index is -0.173. The predicted molar refractivity (Wildman–Crippen MR) is 145 cm³/mol. The zero-order valence-corrected chi connectivity index (χ0v) is 20.8. The smallest absolute Gasteiger partial charge is 0.262 e. The van der Waals surface area contributed by atoms with Crippen molar-refractivity contribution in [3.8, 4) is 0 Å². The van der Waals surface area contributed by atoms with Gasteiger partial charge in [-0.2, -0.15) is 0 Å². The molecule has 1 N–H and O–H groups in total. The van der Waals surface area contributed by atoms with Gasteiger partial charge >= 0.3 is 0 Å². The Hall–Kier alpha value is -3.64. The highest BCUT2D eigenvalue weighted by Gasteiger charge is 2.15. The molecule has 1 amide bonds. The number of carbonyl (C=O) groups is 1. The summed E-state index contributed by atoms with van der Waals surface area (Å²) < 4.78 is 1.76. The molecule has 3 aromatic carbocycles. The zero-order chi connectivity index (χ0) is 24.8. The fourth-order valence-corrected chi connectivity index (χ4v) is 4.76. The third-order valence-electron chi connectivity index (χ3n) is 5.65. The van der Waals surface area contributed by atoms with Gasteiger partial charge in [0.25, 0.3) is 11.5 Å². The molecule has 178 valence electrons. The standard InChI is InChI=1S/C29H29N3O2S/c1-4-21-10-12-23(13-11-21)19-35-29-31-26-18-24(27(33)30-20(2)3)14-15-25(26)28(34)32(29)17-16-22-8-6-5-7-9-22/h4-15,18,20H,1,16-17,19H2,2-3H3,(H,30,33). The van der Waals surface area contributed by atoms with Crippen LogP contribution in [0.4, 0.5) is 0 Å². The van der Waals surface area contributed by atoms with Gasteiger partial charge in [-0.05, 0) is 55.2 Å². The fraction of sp³-hybridized carbons (Fsp3) is 0.207. The molecule has 0 aliphatic carbocycles. The van der Waals surface area contributed by atoms with E-state index in [0.717, 1.165) is 23.1 Å². The van der Waals surface area contributed by atoms with Gasteiger partial charge in [0.05, 0.1) is 10.9 Å². The van der Waals surface area contributed by atoms with Crippen molar-refractivity contribution in [3.63, 3.8) is 0 Å². The van der Waals surface area contributed by atoms with Crippen molar-refractivity contribution in [2.24, 2.45) is 0 Å². The Morgan fingerprint density at radius 2 is 1.80 bits per heavy atom. The zero-order valence-electron chi connectivity index (χ0n) is 20.0. The lowest BCUT2D eigenvalue weighted by molar-refractivity contribution is 0.0943. The molecular weight excluding hydrogens is 454 g/mol. The van der Waals surface area contributed by atoms with Gasteiger partial charge in [-0.25, -0.2) is 4.98 Å². The molecule has 0 fully saturated rings. The average molecular weight is 484 g/mol. The van der Waals surface area contributed by atoms with Crippen molar-refractivity contribution in [2.75, 3.05) is 0 Å². The van der Waals surface area contributed by atoms with E-state index in [-0.39, 0.29) is 17.5 Å². The third-order valence-corrected chi connectivity index (χ3v) is 6.70.